The van der Waals surface area contributed by atoms with Gasteiger partial charge in [-0.2, -0.15) is 5.26 Å². The van der Waals surface area contributed by atoms with E-state index in [1.54, 1.807) is 6.07 Å². The van der Waals surface area contributed by atoms with E-state index >= 15 is 0 Å². The van der Waals surface area contributed by atoms with Crippen molar-refractivity contribution in [3.8, 4) is 28.6 Å². The Morgan fingerprint density at radius 2 is 1.11 bits per heavy atom. The zero-order valence-electron chi connectivity index (χ0n) is 29.6. The smallest absolute Gasteiger partial charge is 0.229 e. The molecule has 0 unspecified atom stereocenters. The molecule has 6 heteroatoms. The number of hydrogen-bond acceptors (Lipinski definition) is 3. The fourth-order valence-corrected chi connectivity index (χ4v) is 9.00. The summed E-state index contributed by atoms with van der Waals surface area (Å²) in [6, 6.07) is 56.3. The van der Waals surface area contributed by atoms with Gasteiger partial charge in [-0.3, -0.25) is 0 Å². The Balaban J connectivity index is 1.04. The van der Waals surface area contributed by atoms with Gasteiger partial charge in [0.25, 0.3) is 0 Å². The van der Waals surface area contributed by atoms with Crippen molar-refractivity contribution in [2.24, 2.45) is 0 Å². The molecule has 6 nitrogen and oxygen atoms in total. The molecule has 0 bridgehead atoms. The lowest BCUT2D eigenvalue weighted by Crippen LogP contribution is -1.98. The number of nitriles is 1. The lowest BCUT2D eigenvalue weighted by molar-refractivity contribution is 0.669. The van der Waals surface area contributed by atoms with Gasteiger partial charge in [-0.25, -0.2) is 4.85 Å². The molecule has 258 valence electrons. The fraction of sp³-hybridized carbons (Fsp3) is 0. The van der Waals surface area contributed by atoms with Gasteiger partial charge in [-0.1, -0.05) is 91.0 Å². The van der Waals surface area contributed by atoms with Gasteiger partial charge < -0.3 is 18.0 Å². The summed E-state index contributed by atoms with van der Waals surface area (Å²) in [6.07, 6.45) is 0. The van der Waals surface area contributed by atoms with Gasteiger partial charge in [-0.15, -0.1) is 0 Å². The van der Waals surface area contributed by atoms with Crippen molar-refractivity contribution in [3.05, 3.63) is 175 Å². The van der Waals surface area contributed by atoms with Crippen LogP contribution in [0.15, 0.2) is 167 Å². The molecule has 0 aliphatic heterocycles. The fourth-order valence-electron chi connectivity index (χ4n) is 9.00. The van der Waals surface area contributed by atoms with Crippen molar-refractivity contribution < 1.29 is 8.83 Å². The van der Waals surface area contributed by atoms with Gasteiger partial charge in [0.05, 0.1) is 50.7 Å². The van der Waals surface area contributed by atoms with Crippen molar-refractivity contribution in [2.45, 2.75) is 0 Å². The summed E-state index contributed by atoms with van der Waals surface area (Å²) in [6.45, 7) is 7.75. The Morgan fingerprint density at radius 1 is 0.500 bits per heavy atom. The molecule has 4 heterocycles. The minimum Gasteiger partial charge on any atom is -0.467 e. The molecule has 56 heavy (non-hydrogen) atoms. The van der Waals surface area contributed by atoms with Crippen LogP contribution in [0.25, 0.3) is 115 Å². The molecule has 0 fully saturated rings. The highest BCUT2D eigenvalue weighted by molar-refractivity contribution is 6.26. The highest BCUT2D eigenvalue weighted by Crippen LogP contribution is 2.44. The van der Waals surface area contributed by atoms with Crippen LogP contribution in [-0.4, -0.2) is 9.13 Å². The van der Waals surface area contributed by atoms with E-state index in [4.69, 9.17) is 15.4 Å². The van der Waals surface area contributed by atoms with E-state index in [0.717, 1.165) is 88.1 Å². The van der Waals surface area contributed by atoms with Crippen LogP contribution in [0.2, 0.25) is 0 Å². The van der Waals surface area contributed by atoms with E-state index in [-0.39, 0.29) is 0 Å². The first-order valence-electron chi connectivity index (χ1n) is 18.4. The normalized spacial score (nSPS) is 11.9. The van der Waals surface area contributed by atoms with Crippen LogP contribution < -0.4 is 0 Å². The van der Waals surface area contributed by atoms with Crippen molar-refractivity contribution in [2.75, 3.05) is 0 Å². The zero-order chi connectivity index (χ0) is 37.1. The number of aromatic nitrogens is 2. The van der Waals surface area contributed by atoms with Crippen molar-refractivity contribution in [3.63, 3.8) is 0 Å². The van der Waals surface area contributed by atoms with Gasteiger partial charge in [-0.05, 0) is 77.9 Å². The molecule has 0 aliphatic rings. The molecule has 0 aliphatic carbocycles. The molecular formula is C50H26N4O2. The summed E-state index contributed by atoms with van der Waals surface area (Å²) >= 11 is 0. The summed E-state index contributed by atoms with van der Waals surface area (Å²) in [5.74, 6) is 0. The van der Waals surface area contributed by atoms with E-state index in [1.165, 1.54) is 10.8 Å². The Bertz CT molecular complexity index is 3730. The van der Waals surface area contributed by atoms with Gasteiger partial charge in [0.15, 0.2) is 0 Å². The van der Waals surface area contributed by atoms with Crippen LogP contribution in [0.4, 0.5) is 5.69 Å². The van der Waals surface area contributed by atoms with Crippen LogP contribution in [0.5, 0.6) is 0 Å². The number of para-hydroxylation sites is 4. The molecule has 8 aromatic carbocycles. The predicted molar refractivity (Wildman–Crippen MR) is 226 cm³/mol. The summed E-state index contributed by atoms with van der Waals surface area (Å²) < 4.78 is 17.2. The molecule has 0 saturated heterocycles. The summed E-state index contributed by atoms with van der Waals surface area (Å²) in [4.78, 5) is 3.73. The number of nitrogens with zero attached hydrogens (tertiary/aromatic N) is 4. The van der Waals surface area contributed by atoms with Gasteiger partial charge >= 0.3 is 0 Å². The number of benzene rings is 8. The van der Waals surface area contributed by atoms with E-state index in [9.17, 15) is 5.26 Å². The zero-order valence-corrected chi connectivity index (χ0v) is 29.6. The molecule has 0 radical (unpaired) electrons. The van der Waals surface area contributed by atoms with E-state index in [1.807, 2.05) is 54.6 Å². The van der Waals surface area contributed by atoms with Crippen LogP contribution >= 0.6 is 0 Å². The van der Waals surface area contributed by atoms with Crippen LogP contribution in [0.3, 0.4) is 0 Å². The Hall–Kier alpha value is -8.06. The average Bonchev–Trinajstić information content (AvgIpc) is 4.01. The predicted octanol–water partition coefficient (Wildman–Crippen LogP) is 13.8. The quantitative estimate of drug-likeness (QED) is 0.171. The maximum absolute atomic E-state index is 10.7. The number of furan rings is 2. The first-order chi connectivity index (χ1) is 27.7. The Kier molecular flexibility index (Phi) is 6.10. The van der Waals surface area contributed by atoms with Gasteiger partial charge in [0.1, 0.15) is 28.4 Å². The second-order valence-electron chi connectivity index (χ2n) is 14.2. The minimum absolute atomic E-state index is 0.476. The molecule has 0 atom stereocenters. The summed E-state index contributed by atoms with van der Waals surface area (Å²) in [5, 5.41) is 19.2. The highest BCUT2D eigenvalue weighted by Gasteiger charge is 2.22. The first-order valence-corrected chi connectivity index (χ1v) is 18.4. The molecule has 0 spiro atoms. The molecule has 0 N–H and O–H groups in total. The third-order valence-corrected chi connectivity index (χ3v) is 11.4. The lowest BCUT2D eigenvalue weighted by atomic mass is 10.0. The third kappa shape index (κ3) is 4.02. The SMILES string of the molecule is [C-]#[N+]c1cccc2c1oc1ccc3c4ccccc4n(-c4ccc(-c5ccc(-n6c7ccccc7c7ccc8oc9ccccc9c8c76)cc5)cc4C#N)c3c12. The van der Waals surface area contributed by atoms with Gasteiger partial charge in [0, 0.05) is 38.0 Å². The van der Waals surface area contributed by atoms with E-state index < -0.39 is 0 Å². The first kappa shape index (κ1) is 30.4. The van der Waals surface area contributed by atoms with Crippen molar-refractivity contribution >= 4 is 93.2 Å². The minimum atomic E-state index is 0.476. The highest BCUT2D eigenvalue weighted by atomic mass is 16.3. The Morgan fingerprint density at radius 3 is 1.84 bits per heavy atom. The Labute approximate surface area is 318 Å². The largest absolute Gasteiger partial charge is 0.467 e. The van der Waals surface area contributed by atoms with Crippen LogP contribution in [-0.2, 0) is 0 Å². The maximum Gasteiger partial charge on any atom is 0.229 e. The molecule has 0 saturated carbocycles. The van der Waals surface area contributed by atoms with Crippen molar-refractivity contribution in [1.82, 2.24) is 9.13 Å². The maximum atomic E-state index is 10.7. The molecule has 4 aromatic heterocycles. The number of hydrogen-bond donors (Lipinski definition) is 0. The summed E-state index contributed by atoms with van der Waals surface area (Å²) in [5.41, 5.74) is 12.0. The average molecular weight is 715 g/mol. The van der Waals surface area contributed by atoms with Gasteiger partial charge in [0.2, 0.25) is 5.69 Å². The second-order valence-corrected chi connectivity index (χ2v) is 14.2. The van der Waals surface area contributed by atoms with E-state index in [2.05, 4.69) is 117 Å². The standard InChI is InChI=1S/C50H26N4O2/c1-52-39-13-8-12-38-47-45(56-50(38)39)26-23-36-34-10-3-6-15-42(34)54(49(36)47)40-24-19-30(27-31(40)28-51)29-17-20-32(21-18-29)53-41-14-5-2-9-33(41)35-22-25-44-46(48(35)53)37-11-4-7-16-43(37)55-44/h2-27H. The van der Waals surface area contributed by atoms with E-state index in [0.29, 0.717) is 22.4 Å². The number of fused-ring (bicyclic) bond motifs is 14. The molecular weight excluding hydrogens is 689 g/mol. The van der Waals surface area contributed by atoms with Crippen molar-refractivity contribution in [1.29, 1.82) is 5.26 Å². The monoisotopic (exact) mass is 714 g/mol. The second kappa shape index (κ2) is 11.2. The number of rotatable bonds is 3. The van der Waals surface area contributed by atoms with Crippen LogP contribution in [0, 0.1) is 17.9 Å². The molecule has 12 aromatic rings. The molecule has 0 amide bonds. The molecule has 12 rings (SSSR count). The third-order valence-electron chi connectivity index (χ3n) is 11.4. The topological polar surface area (TPSA) is 64.3 Å². The lowest BCUT2D eigenvalue weighted by Gasteiger charge is -2.13. The summed E-state index contributed by atoms with van der Waals surface area (Å²) in [7, 11) is 0. The van der Waals surface area contributed by atoms with Crippen LogP contribution in [0.1, 0.15) is 5.56 Å².